The van der Waals surface area contributed by atoms with Crippen molar-refractivity contribution in [2.24, 2.45) is 17.8 Å². The van der Waals surface area contributed by atoms with Gasteiger partial charge in [-0.25, -0.2) is 0 Å². The van der Waals surface area contributed by atoms with E-state index in [2.05, 4.69) is 24.1 Å². The van der Waals surface area contributed by atoms with Crippen molar-refractivity contribution >= 4 is 5.91 Å². The maximum Gasteiger partial charge on any atom is 0.222 e. The van der Waals surface area contributed by atoms with Crippen LogP contribution in [0.3, 0.4) is 0 Å². The van der Waals surface area contributed by atoms with Gasteiger partial charge in [0.1, 0.15) is 0 Å². The number of hydrogen-bond donors (Lipinski definition) is 1. The molecule has 3 heteroatoms. The van der Waals surface area contributed by atoms with Crippen molar-refractivity contribution in [3.05, 3.63) is 0 Å². The summed E-state index contributed by atoms with van der Waals surface area (Å²) in [6.07, 6.45) is 7.83. The van der Waals surface area contributed by atoms with Crippen LogP contribution in [0.25, 0.3) is 0 Å². The number of nitrogens with one attached hydrogen (secondary N) is 1. The van der Waals surface area contributed by atoms with E-state index in [1.165, 1.54) is 45.1 Å². The maximum absolute atomic E-state index is 12.0. The first-order valence-corrected chi connectivity index (χ1v) is 9.05. The zero-order valence-corrected chi connectivity index (χ0v) is 14.4. The van der Waals surface area contributed by atoms with Crippen LogP contribution in [-0.4, -0.2) is 36.0 Å². The van der Waals surface area contributed by atoms with Crippen LogP contribution in [0, 0.1) is 17.8 Å². The van der Waals surface area contributed by atoms with Gasteiger partial charge in [0, 0.05) is 31.1 Å². The van der Waals surface area contributed by atoms with Gasteiger partial charge >= 0.3 is 0 Å². The minimum Gasteiger partial charge on any atom is -0.352 e. The van der Waals surface area contributed by atoms with Crippen LogP contribution in [0.1, 0.15) is 66.2 Å². The highest BCUT2D eigenvalue weighted by molar-refractivity contribution is 5.78. The Hall–Kier alpha value is -0.570. The number of rotatable bonds is 6. The molecule has 0 radical (unpaired) electrons. The van der Waals surface area contributed by atoms with Crippen molar-refractivity contribution < 1.29 is 4.79 Å². The normalized spacial score (nSPS) is 33.8. The lowest BCUT2D eigenvalue weighted by molar-refractivity contribution is -0.125. The Labute approximate surface area is 130 Å². The quantitative estimate of drug-likeness (QED) is 0.814. The molecular formula is C18H34N2O. The topological polar surface area (TPSA) is 32.3 Å². The second-order valence-corrected chi connectivity index (χ2v) is 7.68. The molecule has 4 atom stereocenters. The summed E-state index contributed by atoms with van der Waals surface area (Å²) in [5.74, 6) is 1.93. The summed E-state index contributed by atoms with van der Waals surface area (Å²) in [6, 6.07) is 1.14. The molecule has 2 rings (SSSR count). The molecule has 1 aliphatic carbocycles. The number of carbonyl (C=O) groups is 1. The molecule has 0 spiro atoms. The standard InChI is InChI=1S/C18H34N2O/c1-5-6-7-15-10-16(19-18(21)13(2)3)12-20(11-15)17-9-8-14(17)4/h13-17H,5-12H2,1-4H3,(H,19,21). The second kappa shape index (κ2) is 7.62. The molecule has 1 heterocycles. The summed E-state index contributed by atoms with van der Waals surface area (Å²) in [7, 11) is 0. The summed E-state index contributed by atoms with van der Waals surface area (Å²) in [5, 5.41) is 3.29. The van der Waals surface area contributed by atoms with Crippen molar-refractivity contribution in [3.63, 3.8) is 0 Å². The van der Waals surface area contributed by atoms with Gasteiger partial charge in [-0.15, -0.1) is 0 Å². The SMILES string of the molecule is CCCCC1CC(NC(=O)C(C)C)CN(C2CCC2C)C1. The van der Waals surface area contributed by atoms with Gasteiger partial charge in [0.25, 0.3) is 0 Å². The molecule has 1 amide bonds. The molecule has 2 aliphatic rings. The Morgan fingerprint density at radius 1 is 1.29 bits per heavy atom. The molecule has 21 heavy (non-hydrogen) atoms. The number of nitrogens with zero attached hydrogens (tertiary/aromatic N) is 1. The predicted molar refractivity (Wildman–Crippen MR) is 88.2 cm³/mol. The average Bonchev–Trinajstić information content (AvgIpc) is 2.43. The Balaban J connectivity index is 1.94. The third kappa shape index (κ3) is 4.45. The van der Waals surface area contributed by atoms with Crippen molar-refractivity contribution in [2.45, 2.75) is 78.3 Å². The lowest BCUT2D eigenvalue weighted by Crippen LogP contribution is -2.57. The summed E-state index contributed by atoms with van der Waals surface area (Å²) in [6.45, 7) is 10.9. The Bertz CT molecular complexity index is 342. The average molecular weight is 294 g/mol. The third-order valence-corrected chi connectivity index (χ3v) is 5.45. The molecule has 0 aromatic rings. The van der Waals surface area contributed by atoms with E-state index in [9.17, 15) is 4.79 Å². The second-order valence-electron chi connectivity index (χ2n) is 7.68. The van der Waals surface area contributed by atoms with Crippen LogP contribution in [0.15, 0.2) is 0 Å². The highest BCUT2D eigenvalue weighted by atomic mass is 16.1. The fourth-order valence-electron chi connectivity index (χ4n) is 3.88. The number of amides is 1. The molecular weight excluding hydrogens is 260 g/mol. The van der Waals surface area contributed by atoms with Crippen molar-refractivity contribution in [1.82, 2.24) is 10.2 Å². The molecule has 1 aliphatic heterocycles. The van der Waals surface area contributed by atoms with E-state index in [1.54, 1.807) is 0 Å². The van der Waals surface area contributed by atoms with Gasteiger partial charge in [-0.05, 0) is 37.5 Å². The van der Waals surface area contributed by atoms with Crippen molar-refractivity contribution in [3.8, 4) is 0 Å². The van der Waals surface area contributed by atoms with Crippen LogP contribution in [0.2, 0.25) is 0 Å². The van der Waals surface area contributed by atoms with E-state index < -0.39 is 0 Å². The zero-order chi connectivity index (χ0) is 15.4. The smallest absolute Gasteiger partial charge is 0.222 e. The van der Waals surface area contributed by atoms with E-state index in [0.717, 1.165) is 24.4 Å². The van der Waals surface area contributed by atoms with E-state index in [4.69, 9.17) is 0 Å². The van der Waals surface area contributed by atoms with Gasteiger partial charge < -0.3 is 5.32 Å². The van der Waals surface area contributed by atoms with Gasteiger partial charge in [-0.1, -0.05) is 40.5 Å². The molecule has 1 saturated carbocycles. The van der Waals surface area contributed by atoms with Crippen LogP contribution in [0.4, 0.5) is 0 Å². The number of carbonyl (C=O) groups excluding carboxylic acids is 1. The van der Waals surface area contributed by atoms with E-state index in [1.807, 2.05) is 13.8 Å². The Kier molecular flexibility index (Phi) is 6.09. The molecule has 4 unspecified atom stereocenters. The fraction of sp³-hybridized carbons (Fsp3) is 0.944. The monoisotopic (exact) mass is 294 g/mol. The molecule has 122 valence electrons. The number of unbranched alkanes of at least 4 members (excludes halogenated alkanes) is 1. The van der Waals surface area contributed by atoms with Gasteiger partial charge in [-0.2, -0.15) is 0 Å². The van der Waals surface area contributed by atoms with Gasteiger partial charge in [0.2, 0.25) is 5.91 Å². The van der Waals surface area contributed by atoms with Crippen molar-refractivity contribution in [1.29, 1.82) is 0 Å². The first-order valence-electron chi connectivity index (χ1n) is 9.05. The third-order valence-electron chi connectivity index (χ3n) is 5.45. The van der Waals surface area contributed by atoms with Gasteiger partial charge in [0.05, 0.1) is 0 Å². The summed E-state index contributed by atoms with van der Waals surface area (Å²) in [4.78, 5) is 14.7. The minimum atomic E-state index is 0.0945. The molecule has 1 saturated heterocycles. The summed E-state index contributed by atoms with van der Waals surface area (Å²) >= 11 is 0. The lowest BCUT2D eigenvalue weighted by atomic mass is 9.77. The van der Waals surface area contributed by atoms with Crippen molar-refractivity contribution in [2.75, 3.05) is 13.1 Å². The van der Waals surface area contributed by atoms with E-state index in [-0.39, 0.29) is 11.8 Å². The molecule has 0 aromatic carbocycles. The largest absolute Gasteiger partial charge is 0.352 e. The van der Waals surface area contributed by atoms with E-state index in [0.29, 0.717) is 6.04 Å². The minimum absolute atomic E-state index is 0.0945. The molecule has 1 N–H and O–H groups in total. The first-order chi connectivity index (χ1) is 10.0. The Morgan fingerprint density at radius 3 is 2.57 bits per heavy atom. The molecule has 2 fully saturated rings. The highest BCUT2D eigenvalue weighted by Crippen LogP contribution is 2.35. The van der Waals surface area contributed by atoms with Crippen LogP contribution in [0.5, 0.6) is 0 Å². The summed E-state index contributed by atoms with van der Waals surface area (Å²) in [5.41, 5.74) is 0. The van der Waals surface area contributed by atoms with Gasteiger partial charge in [-0.3, -0.25) is 9.69 Å². The predicted octanol–water partition coefficient (Wildman–Crippen LogP) is 3.44. The highest BCUT2D eigenvalue weighted by Gasteiger charge is 2.37. The zero-order valence-electron chi connectivity index (χ0n) is 14.4. The molecule has 3 nitrogen and oxygen atoms in total. The van der Waals surface area contributed by atoms with Crippen LogP contribution in [-0.2, 0) is 4.79 Å². The van der Waals surface area contributed by atoms with E-state index >= 15 is 0 Å². The van der Waals surface area contributed by atoms with Gasteiger partial charge in [0.15, 0.2) is 0 Å². The molecule has 0 aromatic heterocycles. The maximum atomic E-state index is 12.0. The lowest BCUT2D eigenvalue weighted by Gasteiger charge is -2.48. The van der Waals surface area contributed by atoms with Crippen LogP contribution >= 0.6 is 0 Å². The number of piperidine rings is 1. The fourth-order valence-corrected chi connectivity index (χ4v) is 3.88. The summed E-state index contributed by atoms with van der Waals surface area (Å²) < 4.78 is 0. The van der Waals surface area contributed by atoms with Crippen LogP contribution < -0.4 is 5.32 Å². The number of likely N-dealkylation sites (tertiary alicyclic amines) is 1. The first kappa shape index (κ1) is 16.8. The Morgan fingerprint density at radius 2 is 2.05 bits per heavy atom. The number of hydrogen-bond acceptors (Lipinski definition) is 2. The molecule has 0 bridgehead atoms.